The zero-order valence-electron chi connectivity index (χ0n) is 11.8. The van der Waals surface area contributed by atoms with Crippen molar-refractivity contribution < 1.29 is 4.79 Å². The Morgan fingerprint density at radius 1 is 1.43 bits per heavy atom. The third kappa shape index (κ3) is 2.73. The predicted molar refractivity (Wildman–Crippen MR) is 80.9 cm³/mol. The van der Waals surface area contributed by atoms with Crippen molar-refractivity contribution >= 4 is 17.2 Å². The van der Waals surface area contributed by atoms with E-state index in [-0.39, 0.29) is 5.91 Å². The van der Waals surface area contributed by atoms with Gasteiger partial charge in [0.15, 0.2) is 5.69 Å². The molecule has 1 amide bonds. The monoisotopic (exact) mass is 301 g/mol. The van der Waals surface area contributed by atoms with E-state index in [1.165, 1.54) is 0 Å². The van der Waals surface area contributed by atoms with Gasteiger partial charge in [0.25, 0.3) is 5.91 Å². The number of thiophene rings is 1. The number of nitrogens with zero attached hydrogens (tertiary/aromatic N) is 4. The topological polar surface area (TPSA) is 64.7 Å². The SMILES string of the molecule is Cn1ccnc1CNC(=O)c1cc(-c2cccs2)n(C)n1. The Bertz CT molecular complexity index is 756. The van der Waals surface area contributed by atoms with Crippen LogP contribution in [0.3, 0.4) is 0 Å². The van der Waals surface area contributed by atoms with Crippen LogP contribution in [0.15, 0.2) is 36.0 Å². The van der Waals surface area contributed by atoms with E-state index in [1.807, 2.05) is 42.4 Å². The molecule has 0 saturated heterocycles. The summed E-state index contributed by atoms with van der Waals surface area (Å²) in [6.07, 6.45) is 3.55. The standard InChI is InChI=1S/C14H15N5OS/c1-18-6-5-15-13(18)9-16-14(20)10-8-11(19(2)17-10)12-4-3-7-21-12/h3-8H,9H2,1-2H3,(H,16,20). The van der Waals surface area contributed by atoms with Gasteiger partial charge in [0, 0.05) is 26.5 Å². The summed E-state index contributed by atoms with van der Waals surface area (Å²) in [5.41, 5.74) is 1.35. The van der Waals surface area contributed by atoms with Crippen LogP contribution in [0.2, 0.25) is 0 Å². The summed E-state index contributed by atoms with van der Waals surface area (Å²) >= 11 is 1.62. The summed E-state index contributed by atoms with van der Waals surface area (Å²) in [4.78, 5) is 17.4. The molecule has 108 valence electrons. The van der Waals surface area contributed by atoms with E-state index in [0.29, 0.717) is 12.2 Å². The number of carbonyl (C=O) groups is 1. The maximum atomic E-state index is 12.2. The van der Waals surface area contributed by atoms with Crippen LogP contribution in [0, 0.1) is 0 Å². The van der Waals surface area contributed by atoms with E-state index < -0.39 is 0 Å². The summed E-state index contributed by atoms with van der Waals surface area (Å²) in [5.74, 6) is 0.606. The molecule has 0 saturated carbocycles. The van der Waals surface area contributed by atoms with Gasteiger partial charge in [-0.05, 0) is 17.5 Å². The maximum Gasteiger partial charge on any atom is 0.272 e. The Hall–Kier alpha value is -2.41. The van der Waals surface area contributed by atoms with Crippen molar-refractivity contribution in [3.05, 3.63) is 47.5 Å². The highest BCUT2D eigenvalue weighted by Crippen LogP contribution is 2.24. The number of hydrogen-bond acceptors (Lipinski definition) is 4. The number of aryl methyl sites for hydroxylation is 2. The molecule has 0 unspecified atom stereocenters. The molecule has 3 aromatic rings. The van der Waals surface area contributed by atoms with E-state index in [0.717, 1.165) is 16.4 Å². The van der Waals surface area contributed by atoms with Crippen LogP contribution in [-0.4, -0.2) is 25.2 Å². The first-order chi connectivity index (χ1) is 10.1. The van der Waals surface area contributed by atoms with Gasteiger partial charge in [-0.2, -0.15) is 5.10 Å². The molecule has 3 rings (SSSR count). The fraction of sp³-hybridized carbons (Fsp3) is 0.214. The maximum absolute atomic E-state index is 12.2. The van der Waals surface area contributed by atoms with E-state index in [1.54, 1.807) is 28.3 Å². The molecule has 0 aliphatic rings. The first kappa shape index (κ1) is 13.6. The number of imidazole rings is 1. The quantitative estimate of drug-likeness (QED) is 0.799. The molecule has 0 aliphatic carbocycles. The Morgan fingerprint density at radius 2 is 2.29 bits per heavy atom. The highest BCUT2D eigenvalue weighted by molar-refractivity contribution is 7.13. The molecule has 7 heteroatoms. The van der Waals surface area contributed by atoms with Crippen molar-refractivity contribution in [2.45, 2.75) is 6.54 Å². The number of aromatic nitrogens is 4. The Labute approximate surface area is 126 Å². The van der Waals surface area contributed by atoms with Gasteiger partial charge < -0.3 is 9.88 Å². The van der Waals surface area contributed by atoms with Gasteiger partial charge in [-0.25, -0.2) is 4.98 Å². The molecule has 0 aliphatic heterocycles. The number of carbonyl (C=O) groups excluding carboxylic acids is 1. The summed E-state index contributed by atoms with van der Waals surface area (Å²) < 4.78 is 3.59. The van der Waals surface area contributed by atoms with Crippen LogP contribution >= 0.6 is 11.3 Å². The first-order valence-electron chi connectivity index (χ1n) is 6.47. The van der Waals surface area contributed by atoms with Crippen molar-refractivity contribution in [2.75, 3.05) is 0 Å². The van der Waals surface area contributed by atoms with Crippen molar-refractivity contribution in [1.29, 1.82) is 0 Å². The van der Waals surface area contributed by atoms with Crippen LogP contribution in [0.25, 0.3) is 10.6 Å². The Balaban J connectivity index is 1.74. The van der Waals surface area contributed by atoms with Gasteiger partial charge in [-0.1, -0.05) is 6.07 Å². The average molecular weight is 301 g/mol. The van der Waals surface area contributed by atoms with Crippen molar-refractivity contribution in [1.82, 2.24) is 24.6 Å². The van der Waals surface area contributed by atoms with E-state index in [4.69, 9.17) is 0 Å². The molecule has 21 heavy (non-hydrogen) atoms. The minimum atomic E-state index is -0.198. The zero-order chi connectivity index (χ0) is 14.8. The largest absolute Gasteiger partial charge is 0.343 e. The summed E-state index contributed by atoms with van der Waals surface area (Å²) in [5, 5.41) is 9.11. The molecule has 6 nitrogen and oxygen atoms in total. The summed E-state index contributed by atoms with van der Waals surface area (Å²) in [7, 11) is 3.73. The number of rotatable bonds is 4. The highest BCUT2D eigenvalue weighted by atomic mass is 32.1. The number of amides is 1. The average Bonchev–Trinajstić information content (AvgIpc) is 3.17. The lowest BCUT2D eigenvalue weighted by atomic mass is 10.3. The summed E-state index contributed by atoms with van der Waals surface area (Å²) in [6.45, 7) is 0.382. The molecule has 1 N–H and O–H groups in total. The second-order valence-corrected chi connectivity index (χ2v) is 5.60. The molecule has 0 bridgehead atoms. The van der Waals surface area contributed by atoms with Gasteiger partial charge >= 0.3 is 0 Å². The number of hydrogen-bond donors (Lipinski definition) is 1. The van der Waals surface area contributed by atoms with Gasteiger partial charge in [-0.15, -0.1) is 11.3 Å². The molecule has 0 atom stereocenters. The van der Waals surface area contributed by atoms with E-state index in [9.17, 15) is 4.79 Å². The Morgan fingerprint density at radius 3 is 2.95 bits per heavy atom. The third-order valence-corrected chi connectivity index (χ3v) is 4.11. The van der Waals surface area contributed by atoms with Crippen molar-refractivity contribution in [2.24, 2.45) is 14.1 Å². The van der Waals surface area contributed by atoms with Crippen molar-refractivity contribution in [3.8, 4) is 10.6 Å². The van der Waals surface area contributed by atoms with Crippen molar-refractivity contribution in [3.63, 3.8) is 0 Å². The smallest absolute Gasteiger partial charge is 0.272 e. The fourth-order valence-electron chi connectivity index (χ4n) is 2.05. The highest BCUT2D eigenvalue weighted by Gasteiger charge is 2.14. The first-order valence-corrected chi connectivity index (χ1v) is 7.35. The van der Waals surface area contributed by atoms with E-state index >= 15 is 0 Å². The molecular weight excluding hydrogens is 286 g/mol. The fourth-order valence-corrected chi connectivity index (χ4v) is 2.82. The minimum Gasteiger partial charge on any atom is -0.343 e. The van der Waals surface area contributed by atoms with Gasteiger partial charge in [0.2, 0.25) is 0 Å². The molecule has 0 spiro atoms. The third-order valence-electron chi connectivity index (χ3n) is 3.21. The van der Waals surface area contributed by atoms with E-state index in [2.05, 4.69) is 15.4 Å². The van der Waals surface area contributed by atoms with Gasteiger partial charge in [0.1, 0.15) is 5.82 Å². The lowest BCUT2D eigenvalue weighted by molar-refractivity contribution is 0.0944. The molecule has 0 radical (unpaired) electrons. The summed E-state index contributed by atoms with van der Waals surface area (Å²) in [6, 6.07) is 5.80. The van der Waals surface area contributed by atoms with Crippen LogP contribution in [0.5, 0.6) is 0 Å². The second kappa shape index (κ2) is 5.53. The van der Waals surface area contributed by atoms with Crippen LogP contribution in [0.1, 0.15) is 16.3 Å². The Kier molecular flexibility index (Phi) is 3.57. The molecule has 3 aromatic heterocycles. The molecule has 0 aromatic carbocycles. The van der Waals surface area contributed by atoms with Crippen LogP contribution in [0.4, 0.5) is 0 Å². The van der Waals surface area contributed by atoms with Gasteiger partial charge in [0.05, 0.1) is 17.1 Å². The zero-order valence-corrected chi connectivity index (χ0v) is 12.6. The van der Waals surface area contributed by atoms with Gasteiger partial charge in [-0.3, -0.25) is 9.48 Å². The molecule has 0 fully saturated rings. The molecular formula is C14H15N5OS. The van der Waals surface area contributed by atoms with Crippen LogP contribution < -0.4 is 5.32 Å². The predicted octanol–water partition coefficient (Wildman–Crippen LogP) is 1.81. The lowest BCUT2D eigenvalue weighted by Crippen LogP contribution is -2.24. The normalized spacial score (nSPS) is 10.8. The second-order valence-electron chi connectivity index (χ2n) is 4.65. The number of nitrogens with one attached hydrogen (secondary N) is 1. The molecule has 3 heterocycles. The minimum absolute atomic E-state index is 0.198. The lowest BCUT2D eigenvalue weighted by Gasteiger charge is -2.03. The van der Waals surface area contributed by atoms with Crippen LogP contribution in [-0.2, 0) is 20.6 Å².